The van der Waals surface area contributed by atoms with Gasteiger partial charge in [-0.05, 0) is 38.3 Å². The number of hydrogen-bond donors (Lipinski definition) is 2. The van der Waals surface area contributed by atoms with E-state index in [0.717, 1.165) is 17.5 Å². The SMILES string of the molecule is CCc1ccccc1C(=O)N1CC2CN(C(=O)NC(C)C)CC2(CCC(=O)O)C1. The molecular formula is C22H31N3O4. The second kappa shape index (κ2) is 8.43. The Hall–Kier alpha value is -2.57. The van der Waals surface area contributed by atoms with Crippen molar-refractivity contribution in [3.63, 3.8) is 0 Å². The first-order chi connectivity index (χ1) is 13.8. The molecule has 2 aliphatic rings. The quantitative estimate of drug-likeness (QED) is 0.767. The number of rotatable bonds is 6. The fourth-order valence-corrected chi connectivity index (χ4v) is 4.75. The largest absolute Gasteiger partial charge is 0.481 e. The maximum absolute atomic E-state index is 13.2. The third-order valence-electron chi connectivity index (χ3n) is 6.21. The zero-order valence-corrected chi connectivity index (χ0v) is 17.5. The van der Waals surface area contributed by atoms with E-state index in [0.29, 0.717) is 32.6 Å². The highest BCUT2D eigenvalue weighted by molar-refractivity contribution is 5.96. The Kier molecular flexibility index (Phi) is 6.15. The van der Waals surface area contributed by atoms with Gasteiger partial charge in [0.05, 0.1) is 0 Å². The minimum absolute atomic E-state index is 0.00438. The summed E-state index contributed by atoms with van der Waals surface area (Å²) in [7, 11) is 0. The summed E-state index contributed by atoms with van der Waals surface area (Å²) in [6, 6.07) is 7.58. The van der Waals surface area contributed by atoms with Crippen LogP contribution in [-0.2, 0) is 11.2 Å². The van der Waals surface area contributed by atoms with E-state index >= 15 is 0 Å². The lowest BCUT2D eigenvalue weighted by molar-refractivity contribution is -0.137. The molecule has 2 saturated heterocycles. The van der Waals surface area contributed by atoms with Crippen molar-refractivity contribution in [3.8, 4) is 0 Å². The highest BCUT2D eigenvalue weighted by Gasteiger charge is 2.54. The highest BCUT2D eigenvalue weighted by Crippen LogP contribution is 2.46. The Morgan fingerprint density at radius 2 is 1.83 bits per heavy atom. The van der Waals surface area contributed by atoms with E-state index in [-0.39, 0.29) is 35.7 Å². The fraction of sp³-hybridized carbons (Fsp3) is 0.591. The van der Waals surface area contributed by atoms with Gasteiger partial charge in [0.15, 0.2) is 0 Å². The van der Waals surface area contributed by atoms with Gasteiger partial charge in [0.2, 0.25) is 0 Å². The number of likely N-dealkylation sites (tertiary alicyclic amines) is 2. The zero-order chi connectivity index (χ0) is 21.2. The zero-order valence-electron chi connectivity index (χ0n) is 17.5. The van der Waals surface area contributed by atoms with Crippen molar-refractivity contribution in [1.29, 1.82) is 0 Å². The number of carboxylic acids is 1. The topological polar surface area (TPSA) is 90.0 Å². The number of urea groups is 1. The van der Waals surface area contributed by atoms with Gasteiger partial charge in [-0.15, -0.1) is 0 Å². The molecule has 2 atom stereocenters. The van der Waals surface area contributed by atoms with Gasteiger partial charge in [0, 0.05) is 55.5 Å². The molecule has 2 aliphatic heterocycles. The molecule has 158 valence electrons. The van der Waals surface area contributed by atoms with E-state index in [2.05, 4.69) is 5.32 Å². The molecule has 3 rings (SSSR count). The molecule has 0 aromatic heterocycles. The van der Waals surface area contributed by atoms with E-state index in [4.69, 9.17) is 0 Å². The number of hydrogen-bond acceptors (Lipinski definition) is 3. The molecule has 2 heterocycles. The first-order valence-electron chi connectivity index (χ1n) is 10.4. The van der Waals surface area contributed by atoms with Crippen LogP contribution in [0.25, 0.3) is 0 Å². The molecule has 2 fully saturated rings. The molecule has 0 spiro atoms. The van der Waals surface area contributed by atoms with Gasteiger partial charge in [-0.3, -0.25) is 9.59 Å². The monoisotopic (exact) mass is 401 g/mol. The second-order valence-electron chi connectivity index (χ2n) is 8.63. The van der Waals surface area contributed by atoms with Gasteiger partial charge in [-0.1, -0.05) is 25.1 Å². The Labute approximate surface area is 172 Å². The lowest BCUT2D eigenvalue weighted by Crippen LogP contribution is -2.45. The van der Waals surface area contributed by atoms with Crippen LogP contribution in [0.4, 0.5) is 4.79 Å². The molecule has 1 aromatic rings. The third kappa shape index (κ3) is 4.38. The van der Waals surface area contributed by atoms with Gasteiger partial charge in [0.25, 0.3) is 5.91 Å². The number of benzene rings is 1. The lowest BCUT2D eigenvalue weighted by atomic mass is 9.77. The maximum Gasteiger partial charge on any atom is 0.317 e. The summed E-state index contributed by atoms with van der Waals surface area (Å²) in [5, 5.41) is 12.2. The molecule has 7 heteroatoms. The van der Waals surface area contributed by atoms with Crippen molar-refractivity contribution in [2.75, 3.05) is 26.2 Å². The van der Waals surface area contributed by atoms with Crippen LogP contribution in [0.5, 0.6) is 0 Å². The van der Waals surface area contributed by atoms with Gasteiger partial charge in [0.1, 0.15) is 0 Å². The molecule has 3 amide bonds. The predicted molar refractivity (Wildman–Crippen MR) is 110 cm³/mol. The Morgan fingerprint density at radius 3 is 2.48 bits per heavy atom. The van der Waals surface area contributed by atoms with E-state index in [9.17, 15) is 19.5 Å². The van der Waals surface area contributed by atoms with Crippen molar-refractivity contribution in [3.05, 3.63) is 35.4 Å². The summed E-state index contributed by atoms with van der Waals surface area (Å²) in [5.41, 5.74) is 1.38. The molecular weight excluding hydrogens is 370 g/mol. The van der Waals surface area contributed by atoms with Gasteiger partial charge < -0.3 is 20.2 Å². The molecule has 7 nitrogen and oxygen atoms in total. The normalized spacial score (nSPS) is 23.4. The molecule has 1 aromatic carbocycles. The smallest absolute Gasteiger partial charge is 0.317 e. The van der Waals surface area contributed by atoms with Crippen LogP contribution in [0.2, 0.25) is 0 Å². The second-order valence-corrected chi connectivity index (χ2v) is 8.63. The Bertz CT molecular complexity index is 794. The highest BCUT2D eigenvalue weighted by atomic mass is 16.4. The minimum Gasteiger partial charge on any atom is -0.481 e. The first-order valence-corrected chi connectivity index (χ1v) is 10.4. The lowest BCUT2D eigenvalue weighted by Gasteiger charge is -2.29. The van der Waals surface area contributed by atoms with Crippen molar-refractivity contribution in [2.45, 2.75) is 46.1 Å². The van der Waals surface area contributed by atoms with Crippen LogP contribution in [0.1, 0.15) is 49.5 Å². The Balaban J connectivity index is 1.79. The average molecular weight is 402 g/mol. The summed E-state index contributed by atoms with van der Waals surface area (Å²) in [4.78, 5) is 40.6. The van der Waals surface area contributed by atoms with Crippen LogP contribution in [0.15, 0.2) is 24.3 Å². The summed E-state index contributed by atoms with van der Waals surface area (Å²) in [6.45, 7) is 7.96. The van der Waals surface area contributed by atoms with Crippen molar-refractivity contribution < 1.29 is 19.5 Å². The number of aryl methyl sites for hydroxylation is 1. The van der Waals surface area contributed by atoms with E-state index in [1.807, 2.05) is 49.9 Å². The molecule has 0 radical (unpaired) electrons. The van der Waals surface area contributed by atoms with Crippen LogP contribution in [-0.4, -0.2) is 65.0 Å². The van der Waals surface area contributed by atoms with Crippen molar-refractivity contribution in [1.82, 2.24) is 15.1 Å². The minimum atomic E-state index is -0.843. The first kappa shape index (κ1) is 21.1. The molecule has 0 aliphatic carbocycles. The number of nitrogens with zero attached hydrogens (tertiary/aromatic N) is 2. The molecule has 0 bridgehead atoms. The van der Waals surface area contributed by atoms with Crippen molar-refractivity contribution >= 4 is 17.9 Å². The van der Waals surface area contributed by atoms with E-state index in [1.54, 1.807) is 4.90 Å². The van der Waals surface area contributed by atoms with Crippen LogP contribution in [0.3, 0.4) is 0 Å². The third-order valence-corrected chi connectivity index (χ3v) is 6.21. The maximum atomic E-state index is 13.2. The predicted octanol–water partition coefficient (Wildman–Crippen LogP) is 2.61. The van der Waals surface area contributed by atoms with E-state index < -0.39 is 5.97 Å². The molecule has 2 unspecified atom stereocenters. The molecule has 0 saturated carbocycles. The summed E-state index contributed by atoms with van der Waals surface area (Å²) >= 11 is 0. The number of nitrogens with one attached hydrogen (secondary N) is 1. The van der Waals surface area contributed by atoms with Gasteiger partial charge in [-0.2, -0.15) is 0 Å². The summed E-state index contributed by atoms with van der Waals surface area (Å²) < 4.78 is 0. The standard InChI is InChI=1S/C22H31N3O4/c1-4-16-7-5-6-8-18(16)20(28)24-11-17-12-25(21(29)23-15(2)3)14-22(17,13-24)10-9-19(26)27/h5-8,15,17H,4,9-14H2,1-3H3,(H,23,29)(H,26,27). The number of carboxylic acid groups (broad SMARTS) is 1. The number of aliphatic carboxylic acids is 1. The van der Waals surface area contributed by atoms with Crippen LogP contribution < -0.4 is 5.32 Å². The van der Waals surface area contributed by atoms with Crippen LogP contribution in [0, 0.1) is 11.3 Å². The fourth-order valence-electron chi connectivity index (χ4n) is 4.75. The summed E-state index contributed by atoms with van der Waals surface area (Å²) in [6.07, 6.45) is 1.30. The molecule has 2 N–H and O–H groups in total. The Morgan fingerprint density at radius 1 is 1.17 bits per heavy atom. The number of fused-ring (bicyclic) bond motifs is 1. The summed E-state index contributed by atoms with van der Waals surface area (Å²) in [5.74, 6) is -0.744. The van der Waals surface area contributed by atoms with Gasteiger partial charge in [-0.25, -0.2) is 4.79 Å². The molecule has 29 heavy (non-hydrogen) atoms. The van der Waals surface area contributed by atoms with E-state index in [1.165, 1.54) is 0 Å². The number of carbonyl (C=O) groups excluding carboxylic acids is 2. The number of carbonyl (C=O) groups is 3. The van der Waals surface area contributed by atoms with Crippen molar-refractivity contribution in [2.24, 2.45) is 11.3 Å². The number of amides is 3. The van der Waals surface area contributed by atoms with Crippen LogP contribution >= 0.6 is 0 Å². The average Bonchev–Trinajstić information content (AvgIpc) is 3.20. The van der Waals surface area contributed by atoms with Gasteiger partial charge >= 0.3 is 12.0 Å².